The Morgan fingerprint density at radius 2 is 1.74 bits per heavy atom. The Hall–Kier alpha value is -2.00. The summed E-state index contributed by atoms with van der Waals surface area (Å²) < 4.78 is 10.6. The van der Waals surface area contributed by atoms with Crippen molar-refractivity contribution in [1.82, 2.24) is 5.32 Å². The van der Waals surface area contributed by atoms with E-state index in [-0.39, 0.29) is 30.5 Å². The third-order valence-electron chi connectivity index (χ3n) is 3.87. The largest absolute Gasteiger partial charge is 0.493 e. The van der Waals surface area contributed by atoms with Crippen LogP contribution in [0.4, 0.5) is 5.69 Å². The number of aliphatic hydroxyl groups excluding tert-OH is 1. The number of hydrogen-bond acceptors (Lipinski definition) is 4. The maximum absolute atomic E-state index is 10.3. The van der Waals surface area contributed by atoms with Crippen molar-refractivity contribution in [2.45, 2.75) is 20.0 Å². The number of guanidine groups is 1. The summed E-state index contributed by atoms with van der Waals surface area (Å²) in [7, 11) is 3.20. The molecule has 0 aliphatic heterocycles. The maximum atomic E-state index is 10.3. The highest BCUT2D eigenvalue weighted by molar-refractivity contribution is 14.0. The first-order valence-electron chi connectivity index (χ1n) is 8.59. The van der Waals surface area contributed by atoms with E-state index in [4.69, 9.17) is 9.47 Å². The first-order valence-corrected chi connectivity index (χ1v) is 8.59. The van der Waals surface area contributed by atoms with E-state index in [1.807, 2.05) is 56.3 Å². The molecule has 1 atom stereocenters. The lowest BCUT2D eigenvalue weighted by Crippen LogP contribution is -2.31. The summed E-state index contributed by atoms with van der Waals surface area (Å²) in [4.78, 5) is 4.48. The Morgan fingerprint density at radius 3 is 2.33 bits per heavy atom. The van der Waals surface area contributed by atoms with Crippen LogP contribution in [0, 0.1) is 6.92 Å². The number of anilines is 1. The van der Waals surface area contributed by atoms with E-state index in [0.29, 0.717) is 24.0 Å². The number of nitrogens with zero attached hydrogens (tertiary/aromatic N) is 1. The molecule has 2 aromatic carbocycles. The molecule has 148 valence electrons. The van der Waals surface area contributed by atoms with Gasteiger partial charge in [0.05, 0.1) is 26.9 Å². The quantitative estimate of drug-likeness (QED) is 0.317. The molecule has 0 amide bonds. The summed E-state index contributed by atoms with van der Waals surface area (Å²) in [6.45, 7) is 4.97. The van der Waals surface area contributed by atoms with Gasteiger partial charge in [-0.05, 0) is 31.5 Å². The molecule has 0 saturated carbocycles. The van der Waals surface area contributed by atoms with Crippen LogP contribution in [0.2, 0.25) is 0 Å². The van der Waals surface area contributed by atoms with E-state index < -0.39 is 6.10 Å². The number of benzene rings is 2. The number of methoxy groups -OCH3 is 2. The monoisotopic (exact) mass is 485 g/mol. The van der Waals surface area contributed by atoms with Crippen molar-refractivity contribution < 1.29 is 14.6 Å². The van der Waals surface area contributed by atoms with Crippen LogP contribution in [-0.4, -0.2) is 38.4 Å². The fourth-order valence-electron chi connectivity index (χ4n) is 2.43. The van der Waals surface area contributed by atoms with Gasteiger partial charge in [0.25, 0.3) is 0 Å². The van der Waals surface area contributed by atoms with Gasteiger partial charge in [-0.15, -0.1) is 24.0 Å². The highest BCUT2D eigenvalue weighted by Crippen LogP contribution is 2.29. The van der Waals surface area contributed by atoms with Crippen LogP contribution in [0.15, 0.2) is 47.5 Å². The number of aliphatic imine (C=N–C) groups is 1. The van der Waals surface area contributed by atoms with Crippen molar-refractivity contribution in [3.63, 3.8) is 0 Å². The second-order valence-electron chi connectivity index (χ2n) is 5.84. The molecule has 0 radical (unpaired) electrons. The predicted octanol–water partition coefficient (Wildman–Crippen LogP) is 3.74. The molecule has 0 bridgehead atoms. The minimum absolute atomic E-state index is 0. The average Bonchev–Trinajstić information content (AvgIpc) is 2.66. The van der Waals surface area contributed by atoms with Gasteiger partial charge in [-0.25, -0.2) is 4.99 Å². The van der Waals surface area contributed by atoms with Crippen LogP contribution in [0.3, 0.4) is 0 Å². The zero-order valence-corrected chi connectivity index (χ0v) is 18.5. The fourth-order valence-corrected chi connectivity index (χ4v) is 2.43. The number of hydrogen-bond donors (Lipinski definition) is 3. The Morgan fingerprint density at radius 1 is 1.07 bits per heavy atom. The third-order valence-corrected chi connectivity index (χ3v) is 3.87. The van der Waals surface area contributed by atoms with Gasteiger partial charge in [-0.3, -0.25) is 0 Å². The Labute approximate surface area is 178 Å². The normalized spacial score (nSPS) is 12.0. The molecule has 0 saturated heterocycles. The van der Waals surface area contributed by atoms with Crippen LogP contribution < -0.4 is 20.1 Å². The van der Waals surface area contributed by atoms with Crippen LogP contribution in [0.1, 0.15) is 24.2 Å². The zero-order chi connectivity index (χ0) is 18.9. The molecule has 2 aromatic rings. The predicted molar refractivity (Wildman–Crippen MR) is 121 cm³/mol. The molecule has 27 heavy (non-hydrogen) atoms. The standard InChI is InChI=1S/C20H27N3O3.HI/c1-5-21-20(22-13-17(24)15-8-6-14(2)7-9-15)23-16-10-11-18(25-3)19(12-16)26-4;/h6-12,17,24H,5,13H2,1-4H3,(H2,21,22,23);1H. The lowest BCUT2D eigenvalue weighted by atomic mass is 10.1. The smallest absolute Gasteiger partial charge is 0.195 e. The fraction of sp³-hybridized carbons (Fsp3) is 0.350. The van der Waals surface area contributed by atoms with Gasteiger partial charge in [-0.2, -0.15) is 0 Å². The van der Waals surface area contributed by atoms with Crippen molar-refractivity contribution >= 4 is 35.6 Å². The molecular formula is C20H28IN3O3. The highest BCUT2D eigenvalue weighted by Gasteiger charge is 2.09. The number of nitrogens with one attached hydrogen (secondary N) is 2. The minimum Gasteiger partial charge on any atom is -0.493 e. The van der Waals surface area contributed by atoms with E-state index in [9.17, 15) is 5.11 Å². The van der Waals surface area contributed by atoms with Crippen molar-refractivity contribution in [3.8, 4) is 11.5 Å². The molecule has 0 heterocycles. The van der Waals surface area contributed by atoms with E-state index >= 15 is 0 Å². The summed E-state index contributed by atoms with van der Waals surface area (Å²) in [6.07, 6.45) is -0.656. The van der Waals surface area contributed by atoms with E-state index in [1.165, 1.54) is 0 Å². The summed E-state index contributed by atoms with van der Waals surface area (Å²) in [6, 6.07) is 13.3. The van der Waals surface area contributed by atoms with Crippen LogP contribution >= 0.6 is 24.0 Å². The van der Waals surface area contributed by atoms with Crippen LogP contribution in [0.5, 0.6) is 11.5 Å². The number of aryl methyl sites for hydroxylation is 1. The van der Waals surface area contributed by atoms with Crippen molar-refractivity contribution in [3.05, 3.63) is 53.6 Å². The van der Waals surface area contributed by atoms with Crippen molar-refractivity contribution in [1.29, 1.82) is 0 Å². The van der Waals surface area contributed by atoms with Gasteiger partial charge < -0.3 is 25.2 Å². The molecule has 0 spiro atoms. The van der Waals surface area contributed by atoms with Gasteiger partial charge in [0.2, 0.25) is 0 Å². The Kier molecular flexibility index (Phi) is 9.95. The SMILES string of the molecule is CCNC(=NCC(O)c1ccc(C)cc1)Nc1ccc(OC)c(OC)c1.I. The van der Waals surface area contributed by atoms with Crippen molar-refractivity contribution in [2.24, 2.45) is 4.99 Å². The van der Waals surface area contributed by atoms with E-state index in [2.05, 4.69) is 15.6 Å². The molecule has 6 nitrogen and oxygen atoms in total. The lowest BCUT2D eigenvalue weighted by molar-refractivity contribution is 0.187. The van der Waals surface area contributed by atoms with Crippen molar-refractivity contribution in [2.75, 3.05) is 32.6 Å². The van der Waals surface area contributed by atoms with Gasteiger partial charge >= 0.3 is 0 Å². The van der Waals surface area contributed by atoms with Gasteiger partial charge in [-0.1, -0.05) is 29.8 Å². The summed E-state index contributed by atoms with van der Waals surface area (Å²) in [5.41, 5.74) is 2.82. The molecule has 0 aliphatic carbocycles. The number of halogens is 1. The minimum atomic E-state index is -0.656. The summed E-state index contributed by atoms with van der Waals surface area (Å²) in [5, 5.41) is 16.7. The summed E-state index contributed by atoms with van der Waals surface area (Å²) in [5.74, 6) is 1.88. The molecule has 3 N–H and O–H groups in total. The zero-order valence-electron chi connectivity index (χ0n) is 16.2. The second kappa shape index (κ2) is 11.7. The lowest BCUT2D eigenvalue weighted by Gasteiger charge is -2.15. The molecule has 1 unspecified atom stereocenters. The first-order chi connectivity index (χ1) is 12.6. The summed E-state index contributed by atoms with van der Waals surface area (Å²) >= 11 is 0. The topological polar surface area (TPSA) is 75.1 Å². The average molecular weight is 485 g/mol. The Bertz CT molecular complexity index is 736. The molecule has 0 aliphatic rings. The van der Waals surface area contributed by atoms with Gasteiger partial charge in [0.15, 0.2) is 17.5 Å². The number of rotatable bonds is 7. The highest BCUT2D eigenvalue weighted by atomic mass is 127. The second-order valence-corrected chi connectivity index (χ2v) is 5.84. The van der Waals surface area contributed by atoms with Gasteiger partial charge in [0.1, 0.15) is 0 Å². The number of aliphatic hydroxyl groups is 1. The Balaban J connectivity index is 0.00000364. The van der Waals surface area contributed by atoms with Gasteiger partial charge in [0, 0.05) is 18.3 Å². The molecule has 0 fully saturated rings. The molecule has 2 rings (SSSR count). The molecular weight excluding hydrogens is 457 g/mol. The third kappa shape index (κ3) is 6.91. The van der Waals surface area contributed by atoms with E-state index in [0.717, 1.165) is 16.8 Å². The number of ether oxygens (including phenoxy) is 2. The molecule has 0 aromatic heterocycles. The van der Waals surface area contributed by atoms with Crippen LogP contribution in [-0.2, 0) is 0 Å². The van der Waals surface area contributed by atoms with Crippen LogP contribution in [0.25, 0.3) is 0 Å². The van der Waals surface area contributed by atoms with E-state index in [1.54, 1.807) is 14.2 Å². The molecule has 7 heteroatoms. The first kappa shape index (κ1) is 23.0. The maximum Gasteiger partial charge on any atom is 0.195 e.